The first-order valence-corrected chi connectivity index (χ1v) is 8.70. The molecule has 0 fully saturated rings. The Morgan fingerprint density at radius 2 is 1.36 bits per heavy atom. The van der Waals surface area contributed by atoms with Crippen molar-refractivity contribution < 1.29 is 0 Å². The molecule has 0 aromatic heterocycles. The van der Waals surface area contributed by atoms with E-state index in [2.05, 4.69) is 87.9 Å². The summed E-state index contributed by atoms with van der Waals surface area (Å²) in [6.45, 7) is 6.95. The fraction of sp³-hybridized carbons (Fsp3) is 0.409. The van der Waals surface area contributed by atoms with Crippen molar-refractivity contribution in [3.63, 3.8) is 0 Å². The molecule has 1 unspecified atom stereocenters. The maximum absolute atomic E-state index is 2.59. The summed E-state index contributed by atoms with van der Waals surface area (Å²) in [7, 11) is 0. The van der Waals surface area contributed by atoms with Crippen LogP contribution in [0.3, 0.4) is 0 Å². The largest absolute Gasteiger partial charge is 0.0654 e. The Morgan fingerprint density at radius 3 is 1.77 bits per heavy atom. The fourth-order valence-electron chi connectivity index (χ4n) is 3.45. The van der Waals surface area contributed by atoms with Gasteiger partial charge in [0.05, 0.1) is 0 Å². The van der Waals surface area contributed by atoms with Gasteiger partial charge < -0.3 is 0 Å². The van der Waals surface area contributed by atoms with Crippen molar-refractivity contribution in [1.29, 1.82) is 0 Å². The van der Waals surface area contributed by atoms with Gasteiger partial charge in [-0.2, -0.15) is 0 Å². The molecule has 0 heterocycles. The van der Waals surface area contributed by atoms with E-state index >= 15 is 0 Å². The Bertz CT molecular complexity index is 487. The van der Waals surface area contributed by atoms with Crippen molar-refractivity contribution in [3.8, 4) is 0 Å². The van der Waals surface area contributed by atoms with Gasteiger partial charge in [0.25, 0.3) is 0 Å². The molecule has 117 valence electrons. The average molecular weight is 293 g/mol. The van der Waals surface area contributed by atoms with Gasteiger partial charge in [-0.05, 0) is 29.9 Å². The van der Waals surface area contributed by atoms with Crippen LogP contribution in [0.5, 0.6) is 0 Å². The summed E-state index contributed by atoms with van der Waals surface area (Å²) in [6, 6.07) is 22.0. The monoisotopic (exact) mass is 293 g/mol. The molecule has 0 aliphatic carbocycles. The highest BCUT2D eigenvalue weighted by atomic mass is 14.4. The highest BCUT2D eigenvalue weighted by molar-refractivity contribution is 5.42. The molecular weight excluding hydrogens is 264 g/mol. The third-order valence-electron chi connectivity index (χ3n) is 4.72. The van der Waals surface area contributed by atoms with Crippen LogP contribution in [0.2, 0.25) is 0 Å². The maximum Gasteiger partial charge on any atom is 0.0234 e. The first kappa shape index (κ1) is 16.8. The highest BCUT2D eigenvalue weighted by Gasteiger charge is 2.33. The molecule has 22 heavy (non-hydrogen) atoms. The van der Waals surface area contributed by atoms with Gasteiger partial charge in [0, 0.05) is 5.41 Å². The second kappa shape index (κ2) is 8.17. The maximum atomic E-state index is 2.59. The molecule has 0 amide bonds. The lowest BCUT2D eigenvalue weighted by molar-refractivity contribution is 0.456. The van der Waals surface area contributed by atoms with Crippen LogP contribution in [-0.4, -0.2) is 0 Å². The van der Waals surface area contributed by atoms with E-state index in [1.807, 2.05) is 0 Å². The van der Waals surface area contributed by atoms with Crippen molar-refractivity contribution in [2.24, 2.45) is 5.92 Å². The predicted molar refractivity (Wildman–Crippen MR) is 96.9 cm³/mol. The molecule has 0 saturated heterocycles. The highest BCUT2D eigenvalue weighted by Crippen LogP contribution is 2.41. The zero-order valence-electron chi connectivity index (χ0n) is 14.3. The second-order valence-electron chi connectivity index (χ2n) is 6.34. The number of benzene rings is 2. The van der Waals surface area contributed by atoms with Gasteiger partial charge in [0.2, 0.25) is 0 Å². The minimum Gasteiger partial charge on any atom is -0.0654 e. The Labute approximate surface area is 136 Å². The summed E-state index contributed by atoms with van der Waals surface area (Å²) in [4.78, 5) is 0. The van der Waals surface area contributed by atoms with Crippen molar-refractivity contribution in [3.05, 3.63) is 78.2 Å². The summed E-state index contributed by atoms with van der Waals surface area (Å²) >= 11 is 0. The molecule has 0 N–H and O–H groups in total. The van der Waals surface area contributed by atoms with E-state index in [0.29, 0.717) is 5.92 Å². The summed E-state index contributed by atoms with van der Waals surface area (Å²) in [6.07, 6.45) is 7.54. The van der Waals surface area contributed by atoms with E-state index in [4.69, 9.17) is 0 Å². The minimum absolute atomic E-state index is 0.0235. The molecule has 1 radical (unpaired) electrons. The lowest BCUT2D eigenvalue weighted by Crippen LogP contribution is -2.30. The van der Waals surface area contributed by atoms with E-state index in [0.717, 1.165) is 6.42 Å². The van der Waals surface area contributed by atoms with E-state index in [1.54, 1.807) is 0 Å². The summed E-state index contributed by atoms with van der Waals surface area (Å²) in [5.74, 6) is 0.625. The molecule has 0 aliphatic rings. The first-order chi connectivity index (χ1) is 10.7. The summed E-state index contributed by atoms with van der Waals surface area (Å²) in [5.41, 5.74) is 2.84. The van der Waals surface area contributed by atoms with Crippen molar-refractivity contribution >= 4 is 0 Å². The Morgan fingerprint density at radius 1 is 0.864 bits per heavy atom. The van der Waals surface area contributed by atoms with Gasteiger partial charge in [0.1, 0.15) is 0 Å². The molecule has 0 nitrogen and oxygen atoms in total. The van der Waals surface area contributed by atoms with Crippen LogP contribution in [0.25, 0.3) is 0 Å². The number of hydrogen-bond acceptors (Lipinski definition) is 0. The molecule has 0 spiro atoms. The quantitative estimate of drug-likeness (QED) is 0.527. The molecule has 0 bridgehead atoms. The normalized spacial score (nSPS) is 13.0. The van der Waals surface area contributed by atoms with Crippen LogP contribution in [-0.2, 0) is 5.41 Å². The molecule has 1 atom stereocenters. The van der Waals surface area contributed by atoms with Gasteiger partial charge in [-0.15, -0.1) is 0 Å². The van der Waals surface area contributed by atoms with E-state index in [9.17, 15) is 0 Å². The lowest BCUT2D eigenvalue weighted by atomic mass is 9.67. The molecule has 0 heteroatoms. The van der Waals surface area contributed by atoms with Crippen LogP contribution < -0.4 is 0 Å². The predicted octanol–water partition coefficient (Wildman–Crippen LogP) is 6.41. The van der Waals surface area contributed by atoms with Gasteiger partial charge >= 0.3 is 0 Å². The van der Waals surface area contributed by atoms with Crippen LogP contribution in [0, 0.1) is 12.3 Å². The third kappa shape index (κ3) is 3.80. The van der Waals surface area contributed by atoms with Crippen molar-refractivity contribution in [2.75, 3.05) is 0 Å². The Kier molecular flexibility index (Phi) is 6.24. The zero-order valence-corrected chi connectivity index (χ0v) is 14.3. The smallest absolute Gasteiger partial charge is 0.0234 e. The van der Waals surface area contributed by atoms with Gasteiger partial charge in [-0.25, -0.2) is 0 Å². The SMILES string of the molecule is CCCCC(C)[CH]C(CC)(c1ccccc1)c1ccccc1. The number of hydrogen-bond donors (Lipinski definition) is 0. The minimum atomic E-state index is 0.0235. The molecular formula is C22H29. The molecule has 2 aromatic rings. The second-order valence-corrected chi connectivity index (χ2v) is 6.34. The van der Waals surface area contributed by atoms with E-state index < -0.39 is 0 Å². The van der Waals surface area contributed by atoms with Gasteiger partial charge in [0.15, 0.2) is 0 Å². The standard InChI is InChI=1S/C22H29/c1-4-6-13-19(3)18-22(5-2,20-14-9-7-10-15-20)21-16-11-8-12-17-21/h7-12,14-19H,4-6,13H2,1-3H3. The molecule has 0 aliphatic heterocycles. The third-order valence-corrected chi connectivity index (χ3v) is 4.72. The van der Waals surface area contributed by atoms with Crippen LogP contribution in [0.15, 0.2) is 60.7 Å². The number of rotatable bonds is 8. The summed E-state index contributed by atoms with van der Waals surface area (Å²) in [5, 5.41) is 0. The van der Waals surface area contributed by atoms with E-state index in [-0.39, 0.29) is 5.41 Å². The van der Waals surface area contributed by atoms with Crippen molar-refractivity contribution in [2.45, 2.75) is 51.9 Å². The summed E-state index contributed by atoms with van der Waals surface area (Å²) < 4.78 is 0. The fourth-order valence-corrected chi connectivity index (χ4v) is 3.45. The van der Waals surface area contributed by atoms with Crippen LogP contribution in [0.1, 0.15) is 57.6 Å². The van der Waals surface area contributed by atoms with Crippen LogP contribution in [0.4, 0.5) is 0 Å². The Balaban J connectivity index is 2.39. The molecule has 2 aromatic carbocycles. The van der Waals surface area contributed by atoms with E-state index in [1.165, 1.54) is 30.4 Å². The first-order valence-electron chi connectivity index (χ1n) is 8.70. The molecule has 2 rings (SSSR count). The zero-order chi connectivity index (χ0) is 15.8. The van der Waals surface area contributed by atoms with Gasteiger partial charge in [-0.3, -0.25) is 0 Å². The average Bonchev–Trinajstić information content (AvgIpc) is 2.59. The van der Waals surface area contributed by atoms with Gasteiger partial charge in [-0.1, -0.05) is 101 Å². The molecule has 0 saturated carbocycles. The Hall–Kier alpha value is -1.56. The topological polar surface area (TPSA) is 0 Å². The number of unbranched alkanes of at least 4 members (excludes halogenated alkanes) is 1. The lowest BCUT2D eigenvalue weighted by Gasteiger charge is -2.36. The van der Waals surface area contributed by atoms with Crippen molar-refractivity contribution in [1.82, 2.24) is 0 Å². The van der Waals surface area contributed by atoms with Crippen LogP contribution >= 0.6 is 0 Å².